The van der Waals surface area contributed by atoms with Crippen LogP contribution in [0.5, 0.6) is 11.5 Å². The monoisotopic (exact) mass is 429 g/mol. The predicted octanol–water partition coefficient (Wildman–Crippen LogP) is 3.20. The van der Waals surface area contributed by atoms with E-state index in [0.717, 1.165) is 10.5 Å². The molecule has 1 fully saturated rings. The van der Waals surface area contributed by atoms with Crippen LogP contribution in [-0.4, -0.2) is 43.5 Å². The summed E-state index contributed by atoms with van der Waals surface area (Å²) < 4.78 is 10.4. The smallest absolute Gasteiger partial charge is 0.329 e. The van der Waals surface area contributed by atoms with Crippen LogP contribution in [0.15, 0.2) is 42.1 Å². The normalized spacial score (nSPS) is 14.7. The van der Waals surface area contributed by atoms with Gasteiger partial charge < -0.3 is 20.1 Å². The van der Waals surface area contributed by atoms with Crippen LogP contribution < -0.4 is 20.1 Å². The van der Waals surface area contributed by atoms with E-state index in [-0.39, 0.29) is 5.70 Å². The molecule has 4 amide bonds. The first-order chi connectivity index (χ1) is 14.3. The summed E-state index contributed by atoms with van der Waals surface area (Å²) in [5, 5.41) is 5.42. The number of urea groups is 1. The van der Waals surface area contributed by atoms with Gasteiger partial charge in [-0.05, 0) is 36.8 Å². The molecule has 0 aliphatic carbocycles. The molecule has 0 radical (unpaired) electrons. The first-order valence-electron chi connectivity index (χ1n) is 8.95. The van der Waals surface area contributed by atoms with E-state index in [4.69, 9.17) is 21.1 Å². The lowest BCUT2D eigenvalue weighted by Gasteiger charge is -2.12. The van der Waals surface area contributed by atoms with Gasteiger partial charge in [0.15, 0.2) is 11.5 Å². The summed E-state index contributed by atoms with van der Waals surface area (Å²) in [6, 6.07) is 9.60. The maximum absolute atomic E-state index is 12.6. The molecule has 1 aliphatic heterocycles. The van der Waals surface area contributed by atoms with Crippen LogP contribution in [0, 0.1) is 6.92 Å². The second-order valence-corrected chi connectivity index (χ2v) is 6.93. The van der Waals surface area contributed by atoms with Crippen molar-refractivity contribution in [3.8, 4) is 11.5 Å². The summed E-state index contributed by atoms with van der Waals surface area (Å²) in [6.45, 7) is 1.51. The zero-order valence-electron chi connectivity index (χ0n) is 16.6. The number of carbonyl (C=O) groups excluding carboxylic acids is 3. The number of methoxy groups -OCH3 is 2. The van der Waals surface area contributed by atoms with Crippen LogP contribution in [-0.2, 0) is 9.59 Å². The van der Waals surface area contributed by atoms with Gasteiger partial charge in [-0.3, -0.25) is 9.59 Å². The minimum atomic E-state index is -0.693. The van der Waals surface area contributed by atoms with Gasteiger partial charge in [-0.25, -0.2) is 9.69 Å². The number of nitrogens with one attached hydrogen (secondary N) is 2. The number of imide groups is 1. The summed E-state index contributed by atoms with van der Waals surface area (Å²) in [5.41, 5.74) is 2.07. The van der Waals surface area contributed by atoms with E-state index < -0.39 is 24.4 Å². The lowest BCUT2D eigenvalue weighted by molar-refractivity contribution is -0.127. The van der Waals surface area contributed by atoms with Gasteiger partial charge in [0.05, 0.1) is 19.2 Å². The molecular weight excluding hydrogens is 410 g/mol. The number of nitrogens with zero attached hydrogens (tertiary/aromatic N) is 1. The maximum atomic E-state index is 12.6. The van der Waals surface area contributed by atoms with E-state index in [2.05, 4.69) is 10.6 Å². The van der Waals surface area contributed by atoms with Crippen LogP contribution >= 0.6 is 11.6 Å². The van der Waals surface area contributed by atoms with Crippen molar-refractivity contribution in [1.82, 2.24) is 10.2 Å². The minimum Gasteiger partial charge on any atom is -0.493 e. The largest absolute Gasteiger partial charge is 0.493 e. The molecule has 8 nitrogen and oxygen atoms in total. The Kier molecular flexibility index (Phi) is 6.27. The maximum Gasteiger partial charge on any atom is 0.329 e. The van der Waals surface area contributed by atoms with Gasteiger partial charge >= 0.3 is 6.03 Å². The SMILES string of the molecule is COc1cc(Cl)c(/C=C2/NC(=O)N(CC(=O)Nc3ccc(C)cc3)C2=O)cc1OC. The molecule has 0 aromatic heterocycles. The van der Waals surface area contributed by atoms with Gasteiger partial charge in [-0.15, -0.1) is 0 Å². The van der Waals surface area contributed by atoms with Gasteiger partial charge in [0.2, 0.25) is 5.91 Å². The number of aryl methyl sites for hydroxylation is 1. The Morgan fingerprint density at radius 1 is 1.13 bits per heavy atom. The van der Waals surface area contributed by atoms with Crippen molar-refractivity contribution in [3.63, 3.8) is 0 Å². The molecule has 30 heavy (non-hydrogen) atoms. The highest BCUT2D eigenvalue weighted by Gasteiger charge is 2.35. The van der Waals surface area contributed by atoms with Gasteiger partial charge in [0.1, 0.15) is 12.2 Å². The average molecular weight is 430 g/mol. The Balaban J connectivity index is 1.76. The highest BCUT2D eigenvalue weighted by Crippen LogP contribution is 2.34. The molecule has 2 aromatic carbocycles. The van der Waals surface area contributed by atoms with Crippen molar-refractivity contribution in [3.05, 3.63) is 58.2 Å². The van der Waals surface area contributed by atoms with E-state index >= 15 is 0 Å². The molecule has 0 bridgehead atoms. The number of hydrogen-bond acceptors (Lipinski definition) is 5. The number of hydrogen-bond donors (Lipinski definition) is 2. The summed E-state index contributed by atoms with van der Waals surface area (Å²) >= 11 is 6.24. The number of halogens is 1. The molecule has 0 unspecified atom stereocenters. The fourth-order valence-corrected chi connectivity index (χ4v) is 3.04. The van der Waals surface area contributed by atoms with E-state index in [1.165, 1.54) is 20.3 Å². The summed E-state index contributed by atoms with van der Waals surface area (Å²) in [6.07, 6.45) is 1.42. The third kappa shape index (κ3) is 4.55. The summed E-state index contributed by atoms with van der Waals surface area (Å²) in [4.78, 5) is 37.9. The first kappa shape index (κ1) is 21.2. The minimum absolute atomic E-state index is 0.00254. The molecule has 156 valence electrons. The van der Waals surface area contributed by atoms with E-state index in [1.54, 1.807) is 24.3 Å². The van der Waals surface area contributed by atoms with Crippen molar-refractivity contribution < 1.29 is 23.9 Å². The molecule has 1 aliphatic rings. The van der Waals surface area contributed by atoms with Crippen LogP contribution in [0.4, 0.5) is 10.5 Å². The highest BCUT2D eigenvalue weighted by atomic mass is 35.5. The standard InChI is InChI=1S/C21H20ClN3O5/c1-12-4-6-14(7-5-12)23-19(26)11-25-20(27)16(24-21(25)28)8-13-9-17(29-2)18(30-3)10-15(13)22/h4-10H,11H2,1-3H3,(H,23,26)(H,24,28)/b16-8+. The van der Waals surface area contributed by atoms with E-state index in [9.17, 15) is 14.4 Å². The van der Waals surface area contributed by atoms with Crippen molar-refractivity contribution in [2.24, 2.45) is 0 Å². The number of benzene rings is 2. The average Bonchev–Trinajstić information content (AvgIpc) is 2.98. The molecule has 0 saturated carbocycles. The van der Waals surface area contributed by atoms with Crippen LogP contribution in [0.25, 0.3) is 6.08 Å². The van der Waals surface area contributed by atoms with Crippen molar-refractivity contribution in [1.29, 1.82) is 0 Å². The molecule has 1 heterocycles. The Hall–Kier alpha value is -3.52. The number of ether oxygens (including phenoxy) is 2. The van der Waals surface area contributed by atoms with Crippen molar-refractivity contribution >= 4 is 41.2 Å². The molecule has 9 heteroatoms. The zero-order chi connectivity index (χ0) is 21.8. The summed E-state index contributed by atoms with van der Waals surface area (Å²) in [7, 11) is 2.95. The Morgan fingerprint density at radius 2 is 1.77 bits per heavy atom. The summed E-state index contributed by atoms with van der Waals surface area (Å²) in [5.74, 6) is -0.279. The first-order valence-corrected chi connectivity index (χ1v) is 9.32. The topological polar surface area (TPSA) is 97.0 Å². The molecular formula is C21H20ClN3O5. The van der Waals surface area contributed by atoms with E-state index in [1.807, 2.05) is 19.1 Å². The van der Waals surface area contributed by atoms with Gasteiger partial charge in [0, 0.05) is 11.8 Å². The Bertz CT molecular complexity index is 1030. The van der Waals surface area contributed by atoms with Crippen molar-refractivity contribution in [2.75, 3.05) is 26.1 Å². The molecule has 2 N–H and O–H groups in total. The number of amides is 4. The van der Waals surface area contributed by atoms with Crippen molar-refractivity contribution in [2.45, 2.75) is 6.92 Å². The van der Waals surface area contributed by atoms with Crippen LogP contribution in [0.3, 0.4) is 0 Å². The molecule has 0 spiro atoms. The third-order valence-corrected chi connectivity index (χ3v) is 4.73. The molecule has 2 aromatic rings. The molecule has 1 saturated heterocycles. The lowest BCUT2D eigenvalue weighted by atomic mass is 10.1. The molecule has 3 rings (SSSR count). The number of anilines is 1. The predicted molar refractivity (Wildman–Crippen MR) is 113 cm³/mol. The number of carbonyl (C=O) groups is 3. The van der Waals surface area contributed by atoms with E-state index in [0.29, 0.717) is 27.8 Å². The quantitative estimate of drug-likeness (QED) is 0.543. The molecule has 0 atom stereocenters. The third-order valence-electron chi connectivity index (χ3n) is 4.40. The highest BCUT2D eigenvalue weighted by molar-refractivity contribution is 6.32. The van der Waals surface area contributed by atoms with Gasteiger partial charge in [-0.2, -0.15) is 0 Å². The van der Waals surface area contributed by atoms with Gasteiger partial charge in [-0.1, -0.05) is 29.3 Å². The fraction of sp³-hybridized carbons (Fsp3) is 0.190. The lowest BCUT2D eigenvalue weighted by Crippen LogP contribution is -2.38. The number of rotatable bonds is 6. The Morgan fingerprint density at radius 3 is 2.40 bits per heavy atom. The van der Waals surface area contributed by atoms with Gasteiger partial charge in [0.25, 0.3) is 5.91 Å². The Labute approximate surface area is 178 Å². The van der Waals surface area contributed by atoms with Crippen LogP contribution in [0.1, 0.15) is 11.1 Å². The fourth-order valence-electron chi connectivity index (χ4n) is 2.83. The second-order valence-electron chi connectivity index (χ2n) is 6.52. The zero-order valence-corrected chi connectivity index (χ0v) is 17.4. The second kappa shape index (κ2) is 8.87. The van der Waals surface area contributed by atoms with Crippen LogP contribution in [0.2, 0.25) is 5.02 Å².